The summed E-state index contributed by atoms with van der Waals surface area (Å²) in [7, 11) is -3.19. The molecule has 0 aliphatic carbocycles. The number of fused-ring (bicyclic) bond motifs is 1. The molecule has 5 heteroatoms. The Morgan fingerprint density at radius 3 is 2.50 bits per heavy atom. The maximum absolute atomic E-state index is 11.7. The molecule has 0 atom stereocenters. The number of ether oxygens (including phenoxy) is 1. The fraction of sp³-hybridized carbons (Fsp3) is 0.474. The van der Waals surface area contributed by atoms with Gasteiger partial charge in [0.15, 0.2) is 9.84 Å². The summed E-state index contributed by atoms with van der Waals surface area (Å²) < 4.78 is 29.2. The molecule has 0 amide bonds. The molecule has 1 saturated heterocycles. The first kappa shape index (κ1) is 17.2. The number of rotatable bonds is 6. The Labute approximate surface area is 144 Å². The van der Waals surface area contributed by atoms with Crippen molar-refractivity contribution in [1.29, 1.82) is 0 Å². The number of likely N-dealkylation sites (tertiary alicyclic amines) is 1. The maximum Gasteiger partial charge on any atom is 0.175 e. The molecular formula is C19H25NO3S. The van der Waals surface area contributed by atoms with E-state index in [0.29, 0.717) is 11.5 Å². The average Bonchev–Trinajstić information content (AvgIpc) is 2.58. The van der Waals surface area contributed by atoms with E-state index in [-0.39, 0.29) is 0 Å². The van der Waals surface area contributed by atoms with Crippen molar-refractivity contribution in [2.75, 3.05) is 32.5 Å². The smallest absolute Gasteiger partial charge is 0.175 e. The van der Waals surface area contributed by atoms with E-state index in [0.717, 1.165) is 29.5 Å². The van der Waals surface area contributed by atoms with Crippen LogP contribution in [0.1, 0.15) is 25.7 Å². The van der Waals surface area contributed by atoms with Gasteiger partial charge in [-0.15, -0.1) is 0 Å². The molecule has 0 N–H and O–H groups in total. The van der Waals surface area contributed by atoms with Crippen molar-refractivity contribution in [1.82, 2.24) is 4.90 Å². The number of hydrogen-bond acceptors (Lipinski definition) is 4. The van der Waals surface area contributed by atoms with Gasteiger partial charge in [-0.05, 0) is 67.4 Å². The molecule has 0 aromatic heterocycles. The molecule has 1 aliphatic heterocycles. The summed E-state index contributed by atoms with van der Waals surface area (Å²) in [5.74, 6) is 0.798. The summed E-state index contributed by atoms with van der Waals surface area (Å²) in [6.45, 7) is 4.20. The van der Waals surface area contributed by atoms with Crippen LogP contribution in [0.25, 0.3) is 10.8 Å². The molecule has 0 spiro atoms. The number of hydrogen-bond donors (Lipinski definition) is 0. The van der Waals surface area contributed by atoms with Crippen LogP contribution in [-0.4, -0.2) is 45.8 Å². The highest BCUT2D eigenvalue weighted by Crippen LogP contribution is 2.24. The Hall–Kier alpha value is -1.59. The SMILES string of the molecule is CS(=O)(=O)c1ccc2ccc(OCCCN3CCCCC3)cc2c1. The van der Waals surface area contributed by atoms with E-state index < -0.39 is 9.84 Å². The van der Waals surface area contributed by atoms with E-state index in [4.69, 9.17) is 4.74 Å². The van der Waals surface area contributed by atoms with Gasteiger partial charge in [0, 0.05) is 12.8 Å². The minimum Gasteiger partial charge on any atom is -0.494 e. The second-order valence-corrected chi connectivity index (χ2v) is 8.56. The highest BCUT2D eigenvalue weighted by atomic mass is 32.2. The molecule has 1 fully saturated rings. The summed E-state index contributed by atoms with van der Waals surface area (Å²) in [6, 6.07) is 11.0. The van der Waals surface area contributed by atoms with Crippen LogP contribution >= 0.6 is 0 Å². The van der Waals surface area contributed by atoms with Gasteiger partial charge >= 0.3 is 0 Å². The third-order valence-electron chi connectivity index (χ3n) is 4.55. The van der Waals surface area contributed by atoms with Gasteiger partial charge in [-0.25, -0.2) is 8.42 Å². The van der Waals surface area contributed by atoms with Crippen molar-refractivity contribution in [3.63, 3.8) is 0 Å². The fourth-order valence-electron chi connectivity index (χ4n) is 3.18. The minimum atomic E-state index is -3.19. The molecule has 0 radical (unpaired) electrons. The molecule has 1 aliphatic rings. The Balaban J connectivity index is 1.60. The lowest BCUT2D eigenvalue weighted by Crippen LogP contribution is -2.31. The molecule has 24 heavy (non-hydrogen) atoms. The van der Waals surface area contributed by atoms with Crippen molar-refractivity contribution in [2.45, 2.75) is 30.6 Å². The Kier molecular flexibility index (Phi) is 5.41. The zero-order valence-corrected chi connectivity index (χ0v) is 15.0. The minimum absolute atomic E-state index is 0.345. The van der Waals surface area contributed by atoms with Crippen LogP contribution in [-0.2, 0) is 9.84 Å². The lowest BCUT2D eigenvalue weighted by Gasteiger charge is -2.26. The first-order chi connectivity index (χ1) is 11.5. The van der Waals surface area contributed by atoms with Crippen LogP contribution < -0.4 is 4.74 Å². The van der Waals surface area contributed by atoms with Crippen LogP contribution in [0.5, 0.6) is 5.75 Å². The molecule has 0 unspecified atom stereocenters. The monoisotopic (exact) mass is 347 g/mol. The quantitative estimate of drug-likeness (QED) is 0.751. The molecule has 0 bridgehead atoms. The van der Waals surface area contributed by atoms with Crippen molar-refractivity contribution < 1.29 is 13.2 Å². The lowest BCUT2D eigenvalue weighted by atomic mass is 10.1. The van der Waals surface area contributed by atoms with E-state index in [1.54, 1.807) is 12.1 Å². The summed E-state index contributed by atoms with van der Waals surface area (Å²) in [5, 5.41) is 1.91. The predicted molar refractivity (Wildman–Crippen MR) is 97.5 cm³/mol. The Morgan fingerprint density at radius 1 is 1.00 bits per heavy atom. The molecule has 0 saturated carbocycles. The van der Waals surface area contributed by atoms with Gasteiger partial charge in [0.25, 0.3) is 0 Å². The number of benzene rings is 2. The second-order valence-electron chi connectivity index (χ2n) is 6.55. The molecule has 130 valence electrons. The van der Waals surface area contributed by atoms with Crippen LogP contribution in [0.2, 0.25) is 0 Å². The molecular weight excluding hydrogens is 322 g/mol. The van der Waals surface area contributed by atoms with Crippen molar-refractivity contribution in [3.05, 3.63) is 36.4 Å². The zero-order chi connectivity index (χ0) is 17.0. The van der Waals surface area contributed by atoms with E-state index in [1.165, 1.54) is 38.6 Å². The standard InChI is InChI=1S/C19H25NO3S/c1-24(21,22)19-9-7-16-6-8-18(14-17(16)15-19)23-13-5-12-20-10-3-2-4-11-20/h6-9,14-15H,2-5,10-13H2,1H3. The number of nitrogens with zero attached hydrogens (tertiary/aromatic N) is 1. The molecule has 3 rings (SSSR count). The molecule has 2 aromatic rings. The zero-order valence-electron chi connectivity index (χ0n) is 14.2. The summed E-state index contributed by atoms with van der Waals surface area (Å²) in [5.41, 5.74) is 0. The highest BCUT2D eigenvalue weighted by Gasteiger charge is 2.10. The summed E-state index contributed by atoms with van der Waals surface area (Å²) >= 11 is 0. The number of sulfone groups is 1. The topological polar surface area (TPSA) is 46.6 Å². The van der Waals surface area contributed by atoms with Crippen LogP contribution in [0.4, 0.5) is 0 Å². The van der Waals surface area contributed by atoms with Crippen LogP contribution in [0, 0.1) is 0 Å². The van der Waals surface area contributed by atoms with Crippen LogP contribution in [0.3, 0.4) is 0 Å². The predicted octanol–water partition coefficient (Wildman–Crippen LogP) is 3.50. The van der Waals surface area contributed by atoms with Gasteiger partial charge in [-0.3, -0.25) is 0 Å². The second kappa shape index (κ2) is 7.53. The average molecular weight is 347 g/mol. The van der Waals surface area contributed by atoms with Gasteiger partial charge in [-0.1, -0.05) is 18.6 Å². The maximum atomic E-state index is 11.7. The Morgan fingerprint density at radius 2 is 1.75 bits per heavy atom. The van der Waals surface area contributed by atoms with E-state index >= 15 is 0 Å². The van der Waals surface area contributed by atoms with Crippen molar-refractivity contribution in [2.24, 2.45) is 0 Å². The van der Waals surface area contributed by atoms with E-state index in [9.17, 15) is 8.42 Å². The molecule has 1 heterocycles. The molecule has 2 aromatic carbocycles. The fourth-order valence-corrected chi connectivity index (χ4v) is 3.84. The van der Waals surface area contributed by atoms with Crippen molar-refractivity contribution >= 4 is 20.6 Å². The van der Waals surface area contributed by atoms with Gasteiger partial charge < -0.3 is 9.64 Å². The van der Waals surface area contributed by atoms with Gasteiger partial charge in [0.2, 0.25) is 0 Å². The normalized spacial score (nSPS) is 16.4. The van der Waals surface area contributed by atoms with Crippen molar-refractivity contribution in [3.8, 4) is 5.75 Å². The third kappa shape index (κ3) is 4.48. The first-order valence-electron chi connectivity index (χ1n) is 8.61. The van der Waals surface area contributed by atoms with E-state index in [2.05, 4.69) is 4.90 Å². The lowest BCUT2D eigenvalue weighted by molar-refractivity contribution is 0.205. The van der Waals surface area contributed by atoms with Gasteiger partial charge in [0.1, 0.15) is 5.75 Å². The van der Waals surface area contributed by atoms with Gasteiger partial charge in [0.05, 0.1) is 11.5 Å². The molecule has 4 nitrogen and oxygen atoms in total. The van der Waals surface area contributed by atoms with Gasteiger partial charge in [-0.2, -0.15) is 0 Å². The largest absolute Gasteiger partial charge is 0.494 e. The first-order valence-corrected chi connectivity index (χ1v) is 10.5. The van der Waals surface area contributed by atoms with E-state index in [1.807, 2.05) is 24.3 Å². The highest BCUT2D eigenvalue weighted by molar-refractivity contribution is 7.90. The number of piperidine rings is 1. The summed E-state index contributed by atoms with van der Waals surface area (Å²) in [4.78, 5) is 2.85. The summed E-state index contributed by atoms with van der Waals surface area (Å²) in [6.07, 6.45) is 6.23. The Bertz CT molecular complexity index is 795. The van der Waals surface area contributed by atoms with Crippen LogP contribution in [0.15, 0.2) is 41.3 Å². The third-order valence-corrected chi connectivity index (χ3v) is 5.66.